The van der Waals surface area contributed by atoms with Crippen molar-refractivity contribution in [2.45, 2.75) is 12.5 Å². The van der Waals surface area contributed by atoms with E-state index in [9.17, 15) is 14.7 Å². The normalized spacial score (nSPS) is 15.8. The van der Waals surface area contributed by atoms with Crippen molar-refractivity contribution in [2.75, 3.05) is 13.2 Å². The fraction of sp³-hybridized carbons (Fsp3) is 0.222. The van der Waals surface area contributed by atoms with E-state index in [-0.39, 0.29) is 29.9 Å². The van der Waals surface area contributed by atoms with E-state index < -0.39 is 5.97 Å². The number of para-hydroxylation sites is 1. The molecule has 2 aromatic carbocycles. The van der Waals surface area contributed by atoms with E-state index in [0.717, 1.165) is 11.3 Å². The van der Waals surface area contributed by atoms with E-state index in [2.05, 4.69) is 5.32 Å². The summed E-state index contributed by atoms with van der Waals surface area (Å²) in [4.78, 5) is 23.9. The minimum atomic E-state index is -0.613. The highest BCUT2D eigenvalue weighted by molar-refractivity contribution is 5.91. The molecule has 1 amide bonds. The molecule has 6 nitrogen and oxygen atoms in total. The summed E-state index contributed by atoms with van der Waals surface area (Å²) in [6.07, 6.45) is 0.661. The molecule has 0 aliphatic carbocycles. The Balaban J connectivity index is 1.55. The third-order valence-electron chi connectivity index (χ3n) is 3.73. The standard InChI is InChI=1S/C18H17NO5/c20-13-7-5-12(6-8-13)18(22)24-11-17(21)19-15-9-10-23-16-4-2-1-3-14(15)16/h1-8,15,20H,9-11H2,(H,19,21)/t15-/m0/s1. The molecular formula is C18H17NO5. The molecule has 1 atom stereocenters. The zero-order valence-electron chi connectivity index (χ0n) is 12.9. The van der Waals surface area contributed by atoms with Crippen LogP contribution in [0.1, 0.15) is 28.4 Å². The second-order valence-electron chi connectivity index (χ2n) is 5.42. The predicted octanol–water partition coefficient (Wildman–Crippen LogP) is 2.19. The molecule has 2 aromatic rings. The van der Waals surface area contributed by atoms with Gasteiger partial charge in [0.05, 0.1) is 18.2 Å². The van der Waals surface area contributed by atoms with Crippen LogP contribution >= 0.6 is 0 Å². The molecule has 0 radical (unpaired) electrons. The second-order valence-corrected chi connectivity index (χ2v) is 5.42. The van der Waals surface area contributed by atoms with Gasteiger partial charge < -0.3 is 19.9 Å². The van der Waals surface area contributed by atoms with E-state index in [1.54, 1.807) is 0 Å². The summed E-state index contributed by atoms with van der Waals surface area (Å²) in [6.45, 7) is 0.161. The van der Waals surface area contributed by atoms with Gasteiger partial charge in [-0.3, -0.25) is 4.79 Å². The Morgan fingerprint density at radius 3 is 2.71 bits per heavy atom. The Morgan fingerprint density at radius 2 is 1.92 bits per heavy atom. The molecular weight excluding hydrogens is 310 g/mol. The average Bonchev–Trinajstić information content (AvgIpc) is 2.61. The number of phenols is 1. The summed E-state index contributed by atoms with van der Waals surface area (Å²) >= 11 is 0. The maximum absolute atomic E-state index is 12.0. The molecule has 0 saturated carbocycles. The molecule has 0 saturated heterocycles. The molecule has 6 heteroatoms. The van der Waals surface area contributed by atoms with Gasteiger partial charge in [0, 0.05) is 12.0 Å². The largest absolute Gasteiger partial charge is 0.508 e. The lowest BCUT2D eigenvalue weighted by atomic mass is 10.0. The van der Waals surface area contributed by atoms with Crippen molar-refractivity contribution in [3.63, 3.8) is 0 Å². The van der Waals surface area contributed by atoms with E-state index in [1.807, 2.05) is 24.3 Å². The topological polar surface area (TPSA) is 84.9 Å². The first-order valence-electron chi connectivity index (χ1n) is 7.61. The van der Waals surface area contributed by atoms with E-state index >= 15 is 0 Å². The van der Waals surface area contributed by atoms with E-state index in [4.69, 9.17) is 9.47 Å². The molecule has 0 unspecified atom stereocenters. The van der Waals surface area contributed by atoms with Gasteiger partial charge in [0.25, 0.3) is 5.91 Å². The summed E-state index contributed by atoms with van der Waals surface area (Å²) in [5.74, 6) is -0.168. The summed E-state index contributed by atoms with van der Waals surface area (Å²) in [7, 11) is 0. The van der Waals surface area contributed by atoms with Crippen molar-refractivity contribution in [3.8, 4) is 11.5 Å². The number of aromatic hydroxyl groups is 1. The summed E-state index contributed by atoms with van der Waals surface area (Å²) in [6, 6.07) is 13.0. The number of hydrogen-bond acceptors (Lipinski definition) is 5. The van der Waals surface area contributed by atoms with Crippen molar-refractivity contribution in [2.24, 2.45) is 0 Å². The average molecular weight is 327 g/mol. The van der Waals surface area contributed by atoms with Crippen LogP contribution in [0.15, 0.2) is 48.5 Å². The number of rotatable bonds is 4. The van der Waals surface area contributed by atoms with Crippen LogP contribution in [0.3, 0.4) is 0 Å². The zero-order chi connectivity index (χ0) is 16.9. The van der Waals surface area contributed by atoms with Crippen molar-refractivity contribution >= 4 is 11.9 Å². The first-order chi connectivity index (χ1) is 11.6. The second kappa shape index (κ2) is 7.04. The lowest BCUT2D eigenvalue weighted by Crippen LogP contribution is -2.35. The Kier molecular flexibility index (Phi) is 4.65. The minimum absolute atomic E-state index is 0.0578. The number of phenolic OH excluding ortho intramolecular Hbond substituents is 1. The molecule has 0 fully saturated rings. The van der Waals surface area contributed by atoms with Gasteiger partial charge in [-0.25, -0.2) is 4.79 Å². The van der Waals surface area contributed by atoms with Crippen LogP contribution in [-0.2, 0) is 9.53 Å². The van der Waals surface area contributed by atoms with Crippen LogP contribution in [0, 0.1) is 0 Å². The molecule has 124 valence electrons. The van der Waals surface area contributed by atoms with Gasteiger partial charge in [-0.05, 0) is 30.3 Å². The van der Waals surface area contributed by atoms with Gasteiger partial charge in [-0.15, -0.1) is 0 Å². The number of nitrogens with one attached hydrogen (secondary N) is 1. The number of hydrogen-bond donors (Lipinski definition) is 2. The number of benzene rings is 2. The summed E-state index contributed by atoms with van der Waals surface area (Å²) in [5, 5.41) is 12.0. The Bertz CT molecular complexity index is 741. The highest BCUT2D eigenvalue weighted by Crippen LogP contribution is 2.31. The van der Waals surface area contributed by atoms with Crippen LogP contribution in [0.4, 0.5) is 0 Å². The van der Waals surface area contributed by atoms with Crippen molar-refractivity contribution in [1.29, 1.82) is 0 Å². The lowest BCUT2D eigenvalue weighted by Gasteiger charge is -2.26. The lowest BCUT2D eigenvalue weighted by molar-refractivity contribution is -0.125. The highest BCUT2D eigenvalue weighted by Gasteiger charge is 2.23. The third kappa shape index (κ3) is 3.65. The minimum Gasteiger partial charge on any atom is -0.508 e. The van der Waals surface area contributed by atoms with Crippen molar-refractivity contribution in [1.82, 2.24) is 5.32 Å². The van der Waals surface area contributed by atoms with E-state index in [0.29, 0.717) is 13.0 Å². The fourth-order valence-electron chi connectivity index (χ4n) is 2.54. The van der Waals surface area contributed by atoms with Gasteiger partial charge in [-0.2, -0.15) is 0 Å². The van der Waals surface area contributed by atoms with Gasteiger partial charge in [0.2, 0.25) is 0 Å². The van der Waals surface area contributed by atoms with Gasteiger partial charge in [0.15, 0.2) is 6.61 Å². The smallest absolute Gasteiger partial charge is 0.338 e. The number of carbonyl (C=O) groups is 2. The van der Waals surface area contributed by atoms with Crippen LogP contribution < -0.4 is 10.1 Å². The van der Waals surface area contributed by atoms with Crippen LogP contribution in [0.25, 0.3) is 0 Å². The van der Waals surface area contributed by atoms with Crippen molar-refractivity contribution < 1.29 is 24.2 Å². The molecule has 0 aromatic heterocycles. The third-order valence-corrected chi connectivity index (χ3v) is 3.73. The Morgan fingerprint density at radius 1 is 1.17 bits per heavy atom. The Hall–Kier alpha value is -3.02. The van der Waals surface area contributed by atoms with Crippen LogP contribution in [0.2, 0.25) is 0 Å². The van der Waals surface area contributed by atoms with Gasteiger partial charge >= 0.3 is 5.97 Å². The SMILES string of the molecule is O=C(COC(=O)c1ccc(O)cc1)N[C@H]1CCOc2ccccc21. The van der Waals surface area contributed by atoms with E-state index in [1.165, 1.54) is 24.3 Å². The number of amides is 1. The molecule has 3 rings (SSSR count). The quantitative estimate of drug-likeness (QED) is 0.841. The molecule has 1 aliphatic rings. The van der Waals surface area contributed by atoms with Crippen LogP contribution in [0.5, 0.6) is 11.5 Å². The van der Waals surface area contributed by atoms with Crippen LogP contribution in [-0.4, -0.2) is 30.2 Å². The van der Waals surface area contributed by atoms with Gasteiger partial charge in [0.1, 0.15) is 11.5 Å². The summed E-state index contributed by atoms with van der Waals surface area (Å²) < 4.78 is 10.5. The zero-order valence-corrected chi connectivity index (χ0v) is 12.9. The molecule has 2 N–H and O–H groups in total. The summed E-state index contributed by atoms with van der Waals surface area (Å²) in [5.41, 5.74) is 1.19. The molecule has 0 bridgehead atoms. The predicted molar refractivity (Wildman–Crippen MR) is 85.8 cm³/mol. The number of ether oxygens (including phenoxy) is 2. The highest BCUT2D eigenvalue weighted by atomic mass is 16.5. The Labute approximate surface area is 139 Å². The number of esters is 1. The number of carbonyl (C=O) groups excluding carboxylic acids is 2. The molecule has 24 heavy (non-hydrogen) atoms. The fourth-order valence-corrected chi connectivity index (χ4v) is 2.54. The maximum atomic E-state index is 12.0. The maximum Gasteiger partial charge on any atom is 0.338 e. The first-order valence-corrected chi connectivity index (χ1v) is 7.61. The molecule has 1 heterocycles. The molecule has 0 spiro atoms. The molecule has 1 aliphatic heterocycles. The first kappa shape index (κ1) is 15.9. The van der Waals surface area contributed by atoms with Crippen molar-refractivity contribution in [3.05, 3.63) is 59.7 Å². The monoisotopic (exact) mass is 327 g/mol. The number of fused-ring (bicyclic) bond motifs is 1. The van der Waals surface area contributed by atoms with Gasteiger partial charge in [-0.1, -0.05) is 18.2 Å².